The predicted octanol–water partition coefficient (Wildman–Crippen LogP) is 4.76. The Hall–Kier alpha value is -3.67. The number of nitrogens with two attached hydrogens (primary N) is 1. The van der Waals surface area contributed by atoms with Crippen LogP contribution in [0.4, 0.5) is 26.3 Å². The molecule has 0 bridgehead atoms. The standard InChI is InChI=1S/C23H20F6N4O2/c1-12-3-5-18(31-10-12)15-7-16(20(30)23(27,28)29)9-17(8-15)21(34)32-13(2)14-4-6-19(22(24,25)26)33(35)11-14/h3-11,13,20H,30H2,1-2H3,(H,32,34)/t13-,20?/m1/s1. The average Bonchev–Trinajstić information content (AvgIpc) is 2.77. The van der Waals surface area contributed by atoms with Crippen molar-refractivity contribution in [1.82, 2.24) is 10.3 Å². The number of rotatable bonds is 5. The molecule has 12 heteroatoms. The van der Waals surface area contributed by atoms with E-state index in [1.54, 1.807) is 19.1 Å². The molecule has 3 aromatic rings. The highest BCUT2D eigenvalue weighted by atomic mass is 19.4. The topological polar surface area (TPSA) is 95.0 Å². The van der Waals surface area contributed by atoms with Crippen molar-refractivity contribution < 1.29 is 35.9 Å². The van der Waals surface area contributed by atoms with E-state index in [1.807, 2.05) is 0 Å². The monoisotopic (exact) mass is 498 g/mol. The maximum atomic E-state index is 13.3. The lowest BCUT2D eigenvalue weighted by atomic mass is 9.97. The van der Waals surface area contributed by atoms with Gasteiger partial charge in [0.2, 0.25) is 0 Å². The van der Waals surface area contributed by atoms with E-state index in [0.717, 1.165) is 17.7 Å². The number of nitrogens with one attached hydrogen (secondary N) is 1. The number of nitrogens with zero attached hydrogens (tertiary/aromatic N) is 2. The van der Waals surface area contributed by atoms with Crippen molar-refractivity contribution in [2.45, 2.75) is 38.3 Å². The molecule has 1 unspecified atom stereocenters. The van der Waals surface area contributed by atoms with Crippen molar-refractivity contribution >= 4 is 5.91 Å². The number of alkyl halides is 6. The number of hydrogen-bond acceptors (Lipinski definition) is 4. The molecule has 0 radical (unpaired) electrons. The zero-order valence-electron chi connectivity index (χ0n) is 18.4. The van der Waals surface area contributed by atoms with Crippen LogP contribution in [0.2, 0.25) is 0 Å². The molecule has 0 saturated carbocycles. The number of carbonyl (C=O) groups excluding carboxylic acids is 1. The van der Waals surface area contributed by atoms with Crippen LogP contribution in [0.25, 0.3) is 11.3 Å². The summed E-state index contributed by atoms with van der Waals surface area (Å²) >= 11 is 0. The molecular formula is C23H20F6N4O2. The van der Waals surface area contributed by atoms with Crippen LogP contribution >= 0.6 is 0 Å². The van der Waals surface area contributed by atoms with Crippen molar-refractivity contribution in [1.29, 1.82) is 0 Å². The van der Waals surface area contributed by atoms with E-state index < -0.39 is 36.0 Å². The van der Waals surface area contributed by atoms with Gasteiger partial charge in [0.1, 0.15) is 6.04 Å². The summed E-state index contributed by atoms with van der Waals surface area (Å²) in [6.07, 6.45) is -7.45. The summed E-state index contributed by atoms with van der Waals surface area (Å²) in [5, 5.41) is 14.2. The highest BCUT2D eigenvalue weighted by Gasteiger charge is 2.40. The maximum absolute atomic E-state index is 13.3. The number of carbonyl (C=O) groups is 1. The van der Waals surface area contributed by atoms with Crippen LogP contribution in [0.15, 0.2) is 54.9 Å². The average molecular weight is 498 g/mol. The molecule has 2 atom stereocenters. The van der Waals surface area contributed by atoms with Gasteiger partial charge < -0.3 is 16.3 Å². The third-order valence-electron chi connectivity index (χ3n) is 5.21. The molecule has 186 valence electrons. The fourth-order valence-corrected chi connectivity index (χ4v) is 3.27. The quantitative estimate of drug-likeness (QED) is 0.301. The van der Waals surface area contributed by atoms with Gasteiger partial charge in [-0.15, -0.1) is 0 Å². The van der Waals surface area contributed by atoms with Gasteiger partial charge in [-0.2, -0.15) is 31.1 Å². The molecule has 0 aliphatic rings. The first-order chi connectivity index (χ1) is 16.2. The Kier molecular flexibility index (Phi) is 7.06. The lowest BCUT2D eigenvalue weighted by molar-refractivity contribution is -0.629. The minimum Gasteiger partial charge on any atom is -0.618 e. The number of benzene rings is 1. The van der Waals surface area contributed by atoms with Crippen LogP contribution < -0.4 is 15.8 Å². The minimum atomic E-state index is -4.86. The fourth-order valence-electron chi connectivity index (χ4n) is 3.27. The molecule has 0 saturated heterocycles. The Morgan fingerprint density at radius 3 is 2.29 bits per heavy atom. The molecule has 3 N–H and O–H groups in total. The van der Waals surface area contributed by atoms with Crippen LogP contribution in [0.5, 0.6) is 0 Å². The van der Waals surface area contributed by atoms with Crippen LogP contribution in [0.3, 0.4) is 0 Å². The molecule has 1 aromatic carbocycles. The van der Waals surface area contributed by atoms with Gasteiger partial charge in [-0.25, -0.2) is 0 Å². The Morgan fingerprint density at radius 1 is 1.06 bits per heavy atom. The smallest absolute Gasteiger partial charge is 0.478 e. The van der Waals surface area contributed by atoms with Crippen LogP contribution in [0, 0.1) is 12.1 Å². The summed E-state index contributed by atoms with van der Waals surface area (Å²) in [6, 6.07) is 5.07. The molecule has 35 heavy (non-hydrogen) atoms. The molecule has 6 nitrogen and oxygen atoms in total. The summed E-state index contributed by atoms with van der Waals surface area (Å²) in [4.78, 5) is 17.1. The highest BCUT2D eigenvalue weighted by molar-refractivity contribution is 5.96. The molecule has 0 fully saturated rings. The van der Waals surface area contributed by atoms with E-state index in [0.29, 0.717) is 18.0 Å². The predicted molar refractivity (Wildman–Crippen MR) is 114 cm³/mol. The molecule has 3 rings (SSSR count). The van der Waals surface area contributed by atoms with Crippen molar-refractivity contribution in [2.24, 2.45) is 5.73 Å². The van der Waals surface area contributed by atoms with Gasteiger partial charge in [-0.05, 0) is 55.3 Å². The summed E-state index contributed by atoms with van der Waals surface area (Å²) in [5.74, 6) is -0.820. The second-order valence-electron chi connectivity index (χ2n) is 7.95. The lowest BCUT2D eigenvalue weighted by Gasteiger charge is -2.19. The number of hydrogen-bond donors (Lipinski definition) is 2. The number of halogens is 6. The summed E-state index contributed by atoms with van der Waals surface area (Å²) in [5.41, 5.74) is 4.79. The maximum Gasteiger partial charge on any atom is 0.478 e. The van der Waals surface area contributed by atoms with E-state index >= 15 is 0 Å². The Morgan fingerprint density at radius 2 is 1.74 bits per heavy atom. The number of amides is 1. The van der Waals surface area contributed by atoms with Gasteiger partial charge >= 0.3 is 12.4 Å². The minimum absolute atomic E-state index is 0.0601. The van der Waals surface area contributed by atoms with Crippen molar-refractivity contribution in [2.75, 3.05) is 0 Å². The zero-order valence-corrected chi connectivity index (χ0v) is 18.4. The molecule has 1 amide bonds. The largest absolute Gasteiger partial charge is 0.618 e. The SMILES string of the molecule is Cc1ccc(-c2cc(C(=O)N[C@H](C)c3ccc(C(F)(F)F)[n+]([O-])c3)cc(C(N)C(F)(F)F)c2)nc1. The second kappa shape index (κ2) is 9.53. The van der Waals surface area contributed by atoms with Crippen molar-refractivity contribution in [3.05, 3.63) is 88.0 Å². The van der Waals surface area contributed by atoms with Crippen molar-refractivity contribution in [3.63, 3.8) is 0 Å². The Bertz CT molecular complexity index is 1230. The van der Waals surface area contributed by atoms with E-state index in [1.165, 1.54) is 25.3 Å². The van der Waals surface area contributed by atoms with Gasteiger partial charge in [-0.1, -0.05) is 6.07 Å². The van der Waals surface area contributed by atoms with Gasteiger partial charge in [0.15, 0.2) is 6.20 Å². The summed E-state index contributed by atoms with van der Waals surface area (Å²) in [7, 11) is 0. The third kappa shape index (κ3) is 6.07. The Balaban J connectivity index is 1.95. The van der Waals surface area contributed by atoms with E-state index in [-0.39, 0.29) is 27.0 Å². The van der Waals surface area contributed by atoms with Gasteiger partial charge in [0, 0.05) is 29.0 Å². The first-order valence-electron chi connectivity index (χ1n) is 10.2. The molecule has 0 spiro atoms. The van der Waals surface area contributed by atoms with E-state index in [4.69, 9.17) is 5.73 Å². The molecule has 2 heterocycles. The zero-order chi connectivity index (χ0) is 26.1. The van der Waals surface area contributed by atoms with Crippen molar-refractivity contribution in [3.8, 4) is 11.3 Å². The lowest BCUT2D eigenvalue weighted by Crippen LogP contribution is -2.38. The first kappa shape index (κ1) is 25.9. The van der Waals surface area contributed by atoms with E-state index in [9.17, 15) is 36.3 Å². The molecule has 0 aliphatic heterocycles. The summed E-state index contributed by atoms with van der Waals surface area (Å²) in [6.45, 7) is 3.19. The van der Waals surface area contributed by atoms with Crippen LogP contribution in [-0.4, -0.2) is 17.1 Å². The normalized spacial score (nSPS) is 13.9. The number of aryl methyl sites for hydroxylation is 1. The van der Waals surface area contributed by atoms with Gasteiger partial charge in [0.05, 0.1) is 11.7 Å². The van der Waals surface area contributed by atoms with Crippen LogP contribution in [-0.2, 0) is 6.18 Å². The number of aromatic nitrogens is 2. The van der Waals surface area contributed by atoms with E-state index in [2.05, 4.69) is 10.3 Å². The fraction of sp³-hybridized carbons (Fsp3) is 0.261. The van der Waals surface area contributed by atoms with Crippen LogP contribution in [0.1, 0.15) is 51.7 Å². The molecule has 2 aromatic heterocycles. The van der Waals surface area contributed by atoms with Gasteiger partial charge in [-0.3, -0.25) is 9.78 Å². The molecular weight excluding hydrogens is 478 g/mol. The second-order valence-corrected chi connectivity index (χ2v) is 7.95. The Labute approximate surface area is 196 Å². The third-order valence-corrected chi connectivity index (χ3v) is 5.21. The highest BCUT2D eigenvalue weighted by Crippen LogP contribution is 2.33. The molecule has 0 aliphatic carbocycles. The summed E-state index contributed by atoms with van der Waals surface area (Å²) < 4.78 is 77.9. The first-order valence-corrected chi connectivity index (χ1v) is 10.2. The van der Waals surface area contributed by atoms with Gasteiger partial charge in [0.25, 0.3) is 11.6 Å². The number of pyridine rings is 2.